The number of carbonyl (C=O) groups excluding carboxylic acids is 1. The van der Waals surface area contributed by atoms with Crippen LogP contribution in [0.25, 0.3) is 10.8 Å². The molecule has 3 aromatic carbocycles. The van der Waals surface area contributed by atoms with Gasteiger partial charge in [-0.3, -0.25) is 4.79 Å². The van der Waals surface area contributed by atoms with Crippen LogP contribution in [0.3, 0.4) is 0 Å². The summed E-state index contributed by atoms with van der Waals surface area (Å²) < 4.78 is 30.8. The summed E-state index contributed by atoms with van der Waals surface area (Å²) >= 11 is 3.44. The fourth-order valence-electron chi connectivity index (χ4n) is 4.16. The van der Waals surface area contributed by atoms with Gasteiger partial charge in [0.05, 0.1) is 11.2 Å². The highest BCUT2D eigenvalue weighted by Gasteiger charge is 2.30. The predicted molar refractivity (Wildman–Crippen MR) is 134 cm³/mol. The van der Waals surface area contributed by atoms with Gasteiger partial charge in [0.1, 0.15) is 0 Å². The molecule has 4 aromatic rings. The summed E-state index contributed by atoms with van der Waals surface area (Å²) in [6, 6.07) is 18.5. The molecule has 1 saturated heterocycles. The number of benzene rings is 3. The molecule has 0 unspecified atom stereocenters. The highest BCUT2D eigenvalue weighted by Crippen LogP contribution is 2.25. The molecule has 1 aliphatic rings. The summed E-state index contributed by atoms with van der Waals surface area (Å²) in [6.07, 6.45) is 5.38. The van der Waals surface area contributed by atoms with E-state index < -0.39 is 10.0 Å². The summed E-state index contributed by atoms with van der Waals surface area (Å²) in [5.74, 6) is -0.0810. The van der Waals surface area contributed by atoms with E-state index in [2.05, 4.69) is 20.9 Å². The zero-order valence-corrected chi connectivity index (χ0v) is 20.7. The van der Waals surface area contributed by atoms with Gasteiger partial charge in [0.15, 0.2) is 0 Å². The number of hydrogen-bond donors (Lipinski definition) is 0. The number of rotatable bonds is 5. The van der Waals surface area contributed by atoms with Crippen LogP contribution in [-0.4, -0.2) is 59.3 Å². The molecular weight excluding hydrogens is 516 g/mol. The molecule has 0 atom stereocenters. The van der Waals surface area contributed by atoms with Crippen LogP contribution < -0.4 is 0 Å². The monoisotopic (exact) mass is 538 g/mol. The van der Waals surface area contributed by atoms with E-state index in [-0.39, 0.29) is 23.9 Å². The number of amides is 1. The predicted octanol–water partition coefficient (Wildman–Crippen LogP) is 3.99. The first-order chi connectivity index (χ1) is 16.4. The zero-order chi connectivity index (χ0) is 23.7. The third-order valence-electron chi connectivity index (χ3n) is 6.06. The van der Waals surface area contributed by atoms with E-state index in [4.69, 9.17) is 0 Å². The van der Waals surface area contributed by atoms with Gasteiger partial charge in [-0.25, -0.2) is 13.4 Å². The van der Waals surface area contributed by atoms with E-state index in [1.165, 1.54) is 4.31 Å². The molecule has 1 aliphatic heterocycles. The summed E-state index contributed by atoms with van der Waals surface area (Å²) in [5.41, 5.74) is 1.68. The molecule has 9 heteroatoms. The largest absolute Gasteiger partial charge is 0.336 e. The van der Waals surface area contributed by atoms with E-state index in [1.807, 2.05) is 59.3 Å². The fraction of sp³-hybridized carbons (Fsp3) is 0.200. The van der Waals surface area contributed by atoms with Gasteiger partial charge < -0.3 is 9.47 Å². The second kappa shape index (κ2) is 9.32. The SMILES string of the molecule is O=C(c1ccc(Cn2ccnc2)cc1)N1CCN(S(=O)(=O)c2ccc3cc(Br)ccc3c2)CC1. The van der Waals surface area contributed by atoms with Crippen molar-refractivity contribution in [3.05, 3.63) is 95.0 Å². The minimum atomic E-state index is -3.63. The number of nitrogens with zero attached hydrogens (tertiary/aromatic N) is 4. The number of aromatic nitrogens is 2. The normalized spacial score (nSPS) is 15.0. The Balaban J connectivity index is 1.24. The van der Waals surface area contributed by atoms with Crippen molar-refractivity contribution in [2.75, 3.05) is 26.2 Å². The van der Waals surface area contributed by atoms with Crippen LogP contribution in [0.2, 0.25) is 0 Å². The maximum atomic E-state index is 13.2. The molecule has 0 spiro atoms. The first kappa shape index (κ1) is 22.8. The van der Waals surface area contributed by atoms with Gasteiger partial charge in [0, 0.05) is 55.2 Å². The molecule has 0 N–H and O–H groups in total. The average molecular weight is 539 g/mol. The summed E-state index contributed by atoms with van der Waals surface area (Å²) in [4.78, 5) is 19.0. The highest BCUT2D eigenvalue weighted by molar-refractivity contribution is 9.10. The topological polar surface area (TPSA) is 75.5 Å². The van der Waals surface area contributed by atoms with Gasteiger partial charge in [-0.15, -0.1) is 0 Å². The summed E-state index contributed by atoms with van der Waals surface area (Å²) in [6.45, 7) is 1.94. The number of sulfonamides is 1. The van der Waals surface area contributed by atoms with Crippen LogP contribution in [0.4, 0.5) is 0 Å². The van der Waals surface area contributed by atoms with Crippen LogP contribution in [0.15, 0.2) is 88.8 Å². The molecule has 0 bridgehead atoms. The van der Waals surface area contributed by atoms with Gasteiger partial charge >= 0.3 is 0 Å². The number of piperazine rings is 1. The Kier molecular flexibility index (Phi) is 6.24. The molecule has 1 amide bonds. The standard InChI is InChI=1S/C25H23BrN4O3S/c26-23-7-5-22-16-24(8-6-21(22)15-23)34(32,33)30-13-11-29(12-14-30)25(31)20-3-1-19(2-4-20)17-28-10-9-27-18-28/h1-10,15-16,18H,11-14,17H2. The van der Waals surface area contributed by atoms with E-state index >= 15 is 0 Å². The molecular formula is C25H23BrN4O3S. The summed E-state index contributed by atoms with van der Waals surface area (Å²) in [7, 11) is -3.63. The number of carbonyl (C=O) groups is 1. The second-order valence-electron chi connectivity index (χ2n) is 8.28. The molecule has 34 heavy (non-hydrogen) atoms. The van der Waals surface area contributed by atoms with Gasteiger partial charge in [-0.05, 0) is 52.7 Å². The maximum absolute atomic E-state index is 13.2. The highest BCUT2D eigenvalue weighted by atomic mass is 79.9. The lowest BCUT2D eigenvalue weighted by Crippen LogP contribution is -2.50. The Morgan fingerprint density at radius 1 is 0.912 bits per heavy atom. The molecule has 2 heterocycles. The lowest BCUT2D eigenvalue weighted by molar-refractivity contribution is 0.0698. The first-order valence-electron chi connectivity index (χ1n) is 10.9. The van der Waals surface area contributed by atoms with Crippen molar-refractivity contribution >= 4 is 42.6 Å². The molecule has 0 saturated carbocycles. The smallest absolute Gasteiger partial charge is 0.253 e. The van der Waals surface area contributed by atoms with Crippen molar-refractivity contribution < 1.29 is 13.2 Å². The summed E-state index contributed by atoms with van der Waals surface area (Å²) in [5, 5.41) is 1.84. The van der Waals surface area contributed by atoms with E-state index in [9.17, 15) is 13.2 Å². The molecule has 0 aliphatic carbocycles. The third kappa shape index (κ3) is 4.64. The average Bonchev–Trinajstić information content (AvgIpc) is 3.37. The molecule has 5 rings (SSSR count). The van der Waals surface area contributed by atoms with Crippen molar-refractivity contribution in [3.63, 3.8) is 0 Å². The molecule has 1 aromatic heterocycles. The number of halogens is 1. The zero-order valence-electron chi connectivity index (χ0n) is 18.3. The second-order valence-corrected chi connectivity index (χ2v) is 11.1. The third-order valence-corrected chi connectivity index (χ3v) is 8.45. The minimum Gasteiger partial charge on any atom is -0.336 e. The minimum absolute atomic E-state index is 0.0810. The van der Waals surface area contributed by atoms with Gasteiger partial charge in [-0.2, -0.15) is 4.31 Å². The molecule has 0 radical (unpaired) electrons. The fourth-order valence-corrected chi connectivity index (χ4v) is 6.00. The van der Waals surface area contributed by atoms with Crippen molar-refractivity contribution in [2.45, 2.75) is 11.4 Å². The number of hydrogen-bond acceptors (Lipinski definition) is 4. The number of imidazole rings is 1. The lowest BCUT2D eigenvalue weighted by Gasteiger charge is -2.34. The van der Waals surface area contributed by atoms with Crippen LogP contribution in [0.1, 0.15) is 15.9 Å². The molecule has 1 fully saturated rings. The van der Waals surface area contributed by atoms with E-state index in [0.29, 0.717) is 25.2 Å². The number of fused-ring (bicyclic) bond motifs is 1. The Morgan fingerprint density at radius 2 is 1.62 bits per heavy atom. The maximum Gasteiger partial charge on any atom is 0.253 e. The van der Waals surface area contributed by atoms with Gasteiger partial charge in [0.25, 0.3) is 5.91 Å². The van der Waals surface area contributed by atoms with Crippen molar-refractivity contribution in [2.24, 2.45) is 0 Å². The van der Waals surface area contributed by atoms with Crippen molar-refractivity contribution in [1.29, 1.82) is 0 Å². The van der Waals surface area contributed by atoms with Crippen LogP contribution >= 0.6 is 15.9 Å². The van der Waals surface area contributed by atoms with Crippen LogP contribution in [0.5, 0.6) is 0 Å². The van der Waals surface area contributed by atoms with Crippen LogP contribution in [-0.2, 0) is 16.6 Å². The Bertz CT molecular complexity index is 1430. The molecule has 174 valence electrons. The molecule has 7 nitrogen and oxygen atoms in total. The first-order valence-corrected chi connectivity index (χ1v) is 13.2. The van der Waals surface area contributed by atoms with Crippen LogP contribution in [0, 0.1) is 0 Å². The van der Waals surface area contributed by atoms with Crippen molar-refractivity contribution in [1.82, 2.24) is 18.8 Å². The van der Waals surface area contributed by atoms with Gasteiger partial charge in [0.2, 0.25) is 10.0 Å². The van der Waals surface area contributed by atoms with E-state index in [0.717, 1.165) is 20.8 Å². The Labute approximate surface area is 206 Å². The van der Waals surface area contributed by atoms with Crippen molar-refractivity contribution in [3.8, 4) is 0 Å². The quantitative estimate of drug-likeness (QED) is 0.385. The van der Waals surface area contributed by atoms with E-state index in [1.54, 1.807) is 29.6 Å². The lowest BCUT2D eigenvalue weighted by atomic mass is 10.1. The Morgan fingerprint density at radius 3 is 2.32 bits per heavy atom. The van der Waals surface area contributed by atoms with Gasteiger partial charge in [-0.1, -0.05) is 40.2 Å². The Hall–Kier alpha value is -3.01.